The number of nitrogens with two attached hydrogens (primary N) is 2. The van der Waals surface area contributed by atoms with Crippen LogP contribution in [-0.2, 0) is 15.8 Å². The summed E-state index contributed by atoms with van der Waals surface area (Å²) in [5.74, 6) is 1.43. The van der Waals surface area contributed by atoms with Gasteiger partial charge in [-0.25, -0.2) is 13.4 Å². The van der Waals surface area contributed by atoms with E-state index in [1.165, 1.54) is 29.8 Å². The third-order valence-electron chi connectivity index (χ3n) is 2.73. The normalized spacial score (nSPS) is 11.5. The number of thiazole rings is 1. The van der Waals surface area contributed by atoms with Crippen LogP contribution in [0.4, 0.5) is 5.13 Å². The molecule has 0 spiro atoms. The molecule has 1 aromatic carbocycles. The first-order valence-electron chi connectivity index (χ1n) is 7.15. The van der Waals surface area contributed by atoms with Crippen LogP contribution in [0.15, 0.2) is 50.6 Å². The van der Waals surface area contributed by atoms with Gasteiger partial charge in [0.25, 0.3) is 10.0 Å². The molecule has 134 valence electrons. The van der Waals surface area contributed by atoms with Crippen molar-refractivity contribution in [3.63, 3.8) is 0 Å². The average Bonchev–Trinajstić information content (AvgIpc) is 3.01. The Morgan fingerprint density at radius 2 is 2.12 bits per heavy atom. The Bertz CT molecular complexity index is 835. The number of guanidine groups is 1. The molecule has 0 saturated carbocycles. The Balaban J connectivity index is 0.00000338. The summed E-state index contributed by atoms with van der Waals surface area (Å²) in [5, 5.41) is 2.43. The number of aromatic nitrogens is 1. The fourth-order valence-corrected chi connectivity index (χ4v) is 4.07. The molecule has 5 N–H and O–H groups in total. The summed E-state index contributed by atoms with van der Waals surface area (Å²) in [6.45, 7) is 0.493. The van der Waals surface area contributed by atoms with Gasteiger partial charge in [0.15, 0.2) is 5.96 Å². The van der Waals surface area contributed by atoms with E-state index in [1.54, 1.807) is 30.0 Å². The fraction of sp³-hybridized carbons (Fsp3) is 0.214. The largest absolute Gasteiger partial charge is 1.00 e. The van der Waals surface area contributed by atoms with E-state index >= 15 is 0 Å². The lowest BCUT2D eigenvalue weighted by atomic mass is 10.4. The highest BCUT2D eigenvalue weighted by atomic mass is 32.2. The maximum Gasteiger partial charge on any atom is 1.00 e. The van der Waals surface area contributed by atoms with Crippen LogP contribution in [0.5, 0.6) is 0 Å². The first-order valence-corrected chi connectivity index (χ1v) is 10.7. The lowest BCUT2D eigenvalue weighted by Crippen LogP contribution is -2.22. The van der Waals surface area contributed by atoms with Crippen LogP contribution in [-0.4, -0.2) is 38.0 Å². The molecular weight excluding hydrogens is 380 g/mol. The van der Waals surface area contributed by atoms with Gasteiger partial charge in [-0.2, -0.15) is 16.8 Å². The number of hydrogen-bond donors (Lipinski definition) is 3. The van der Waals surface area contributed by atoms with Crippen molar-refractivity contribution < 1.29 is 9.84 Å². The molecule has 25 heavy (non-hydrogen) atoms. The summed E-state index contributed by atoms with van der Waals surface area (Å²) in [6.07, 6.45) is 1.21. The van der Waals surface area contributed by atoms with Crippen molar-refractivity contribution in [1.29, 1.82) is 0 Å². The van der Waals surface area contributed by atoms with Crippen LogP contribution in [0.3, 0.4) is 0 Å². The minimum Gasteiger partial charge on any atom is -0.370 e. The van der Waals surface area contributed by atoms with E-state index in [0.29, 0.717) is 17.4 Å². The number of hydrogen-bond acceptors (Lipinski definition) is 7. The smallest absolute Gasteiger partial charge is 0.370 e. The number of nitrogens with zero attached hydrogens (tertiary/aromatic N) is 3. The summed E-state index contributed by atoms with van der Waals surface area (Å²) in [6, 6.07) is 8.14. The minimum atomic E-state index is -3.55. The molecule has 8 nitrogen and oxygen atoms in total. The van der Waals surface area contributed by atoms with Crippen molar-refractivity contribution in [1.82, 2.24) is 9.71 Å². The topological polar surface area (TPSA) is 136 Å². The van der Waals surface area contributed by atoms with E-state index in [9.17, 15) is 8.42 Å². The van der Waals surface area contributed by atoms with Crippen molar-refractivity contribution >= 4 is 50.6 Å². The van der Waals surface area contributed by atoms with Gasteiger partial charge in [-0.15, -0.1) is 11.3 Å². The van der Waals surface area contributed by atoms with Gasteiger partial charge in [0.2, 0.25) is 5.13 Å². The third kappa shape index (κ3) is 6.72. The molecular formula is C14H19N6O2S3+. The molecule has 2 rings (SSSR count). The molecule has 0 aliphatic rings. The Morgan fingerprint density at radius 3 is 2.84 bits per heavy atom. The predicted molar refractivity (Wildman–Crippen MR) is 105 cm³/mol. The van der Waals surface area contributed by atoms with Crippen molar-refractivity contribution in [3.8, 4) is 0 Å². The Hall–Kier alpha value is -2.11. The fourth-order valence-electron chi connectivity index (χ4n) is 1.66. The van der Waals surface area contributed by atoms with Crippen molar-refractivity contribution in [2.45, 2.75) is 10.6 Å². The van der Waals surface area contributed by atoms with E-state index in [0.717, 1.165) is 11.4 Å². The molecule has 0 unspecified atom stereocenters. The zero-order valence-corrected chi connectivity index (χ0v) is 15.6. The Morgan fingerprint density at radius 1 is 1.36 bits per heavy atom. The number of nitrogens with one attached hydrogen (secondary N) is 1. The second-order valence-electron chi connectivity index (χ2n) is 4.68. The standard InChI is InChI=1S/C14H18N6O2S3/c15-13(16)20-14-19-11(9-24-14)8-23-7-6-17-10-18-25(21,22)12-4-2-1-3-5-12/h1-5,9-10H,6-8H2,(H,17,18)(H4,15,16,19,20)/p+1. The number of benzene rings is 1. The van der Waals surface area contributed by atoms with Crippen LogP contribution >= 0.6 is 23.1 Å². The molecule has 1 heterocycles. The molecule has 0 bridgehead atoms. The molecule has 0 saturated heterocycles. The monoisotopic (exact) mass is 399 g/mol. The Labute approximate surface area is 156 Å². The van der Waals surface area contributed by atoms with Gasteiger partial charge in [0.05, 0.1) is 16.9 Å². The van der Waals surface area contributed by atoms with Crippen molar-refractivity contribution in [2.75, 3.05) is 12.3 Å². The van der Waals surface area contributed by atoms with Gasteiger partial charge in [0.1, 0.15) is 0 Å². The molecule has 1 aromatic heterocycles. The summed E-state index contributed by atoms with van der Waals surface area (Å²) in [4.78, 5) is 12.4. The summed E-state index contributed by atoms with van der Waals surface area (Å²) in [7, 11) is -3.55. The predicted octanol–water partition coefficient (Wildman–Crippen LogP) is 1.40. The minimum absolute atomic E-state index is 0. The Kier molecular flexibility index (Phi) is 7.22. The van der Waals surface area contributed by atoms with Gasteiger partial charge in [-0.1, -0.05) is 18.2 Å². The molecule has 2 aromatic rings. The summed E-state index contributed by atoms with van der Waals surface area (Å²) in [5.41, 5.74) is 11.5. The maximum absolute atomic E-state index is 11.9. The van der Waals surface area contributed by atoms with Crippen molar-refractivity contribution in [3.05, 3.63) is 41.4 Å². The van der Waals surface area contributed by atoms with Crippen molar-refractivity contribution in [2.24, 2.45) is 21.5 Å². The second-order valence-corrected chi connectivity index (χ2v) is 8.34. The third-order valence-corrected chi connectivity index (χ3v) is 5.79. The zero-order chi connectivity index (χ0) is 18.1. The van der Waals surface area contributed by atoms with E-state index in [-0.39, 0.29) is 12.3 Å². The SMILES string of the molecule is NC(N)=Nc1nc(CSCCN=CNS(=O)(=O)c2ccccc2)cs1.[H+]. The molecule has 11 heteroatoms. The number of rotatable bonds is 9. The summed E-state index contributed by atoms with van der Waals surface area (Å²) < 4.78 is 26.2. The highest BCUT2D eigenvalue weighted by molar-refractivity contribution is 7.98. The zero-order valence-electron chi connectivity index (χ0n) is 14.2. The van der Waals surface area contributed by atoms with E-state index in [1.807, 2.05) is 5.38 Å². The van der Waals surface area contributed by atoms with Crippen LogP contribution in [0.1, 0.15) is 7.12 Å². The van der Waals surface area contributed by atoms with Gasteiger partial charge in [-0.05, 0) is 12.1 Å². The number of sulfonamides is 1. The van der Waals surface area contributed by atoms with E-state index in [2.05, 4.69) is 19.7 Å². The van der Waals surface area contributed by atoms with Gasteiger partial charge >= 0.3 is 1.43 Å². The number of aliphatic imine (C=N–C) groups is 2. The van der Waals surface area contributed by atoms with Crippen LogP contribution in [0.2, 0.25) is 0 Å². The second kappa shape index (κ2) is 9.39. The van der Waals surface area contributed by atoms with E-state index < -0.39 is 10.0 Å². The van der Waals surface area contributed by atoms with Crippen LogP contribution in [0.25, 0.3) is 0 Å². The quantitative estimate of drug-likeness (QED) is 0.331. The highest BCUT2D eigenvalue weighted by Gasteiger charge is 2.10. The lowest BCUT2D eigenvalue weighted by Gasteiger charge is -2.02. The molecule has 0 radical (unpaired) electrons. The van der Waals surface area contributed by atoms with Gasteiger partial charge in [0, 0.05) is 23.4 Å². The van der Waals surface area contributed by atoms with Gasteiger partial charge in [-0.3, -0.25) is 9.71 Å². The lowest BCUT2D eigenvalue weighted by molar-refractivity contribution is 0.593. The van der Waals surface area contributed by atoms with Crippen LogP contribution < -0.4 is 16.2 Å². The first kappa shape index (κ1) is 19.2. The van der Waals surface area contributed by atoms with Gasteiger partial charge < -0.3 is 11.5 Å². The molecule has 0 aliphatic heterocycles. The first-order chi connectivity index (χ1) is 12.0. The molecule has 0 atom stereocenters. The molecule has 0 fully saturated rings. The number of thioether (sulfide) groups is 1. The average molecular weight is 400 g/mol. The summed E-state index contributed by atoms with van der Waals surface area (Å²) >= 11 is 3.01. The molecule has 0 amide bonds. The maximum atomic E-state index is 11.9. The molecule has 0 aliphatic carbocycles. The van der Waals surface area contributed by atoms with E-state index in [4.69, 9.17) is 11.5 Å². The van der Waals surface area contributed by atoms with Crippen LogP contribution in [0, 0.1) is 0 Å². The highest BCUT2D eigenvalue weighted by Crippen LogP contribution is 2.21.